The molecule has 2 nitrogen and oxygen atoms in total. The van der Waals surface area contributed by atoms with Gasteiger partial charge in [0.1, 0.15) is 0 Å². The van der Waals surface area contributed by atoms with Crippen LogP contribution in [0.25, 0.3) is 11.1 Å². The summed E-state index contributed by atoms with van der Waals surface area (Å²) < 4.78 is 4.77. The molecule has 2 aromatic carbocycles. The van der Waals surface area contributed by atoms with Gasteiger partial charge in [-0.1, -0.05) is 52.3 Å². The van der Waals surface area contributed by atoms with E-state index in [4.69, 9.17) is 4.74 Å². The maximum Gasteiger partial charge on any atom is 0.337 e. The van der Waals surface area contributed by atoms with E-state index in [-0.39, 0.29) is 5.97 Å². The van der Waals surface area contributed by atoms with Crippen molar-refractivity contribution >= 4 is 21.9 Å². The fraction of sp³-hybridized carbons (Fsp3) is 0.133. The van der Waals surface area contributed by atoms with Crippen LogP contribution in [0.15, 0.2) is 48.5 Å². The molecule has 18 heavy (non-hydrogen) atoms. The zero-order valence-electron chi connectivity index (χ0n) is 10.0. The molecular formula is C15H13BrO2. The third-order valence-electron chi connectivity index (χ3n) is 2.68. The van der Waals surface area contributed by atoms with Crippen molar-refractivity contribution in [2.45, 2.75) is 5.33 Å². The van der Waals surface area contributed by atoms with Crippen LogP contribution in [0.2, 0.25) is 0 Å². The highest BCUT2D eigenvalue weighted by Crippen LogP contribution is 2.23. The van der Waals surface area contributed by atoms with Gasteiger partial charge in [0.2, 0.25) is 0 Å². The number of alkyl halides is 1. The van der Waals surface area contributed by atoms with Gasteiger partial charge in [0.25, 0.3) is 0 Å². The summed E-state index contributed by atoms with van der Waals surface area (Å²) in [5.41, 5.74) is 3.74. The van der Waals surface area contributed by atoms with Crippen LogP contribution in [0.3, 0.4) is 0 Å². The molecular weight excluding hydrogens is 292 g/mol. The molecule has 0 N–H and O–H groups in total. The van der Waals surface area contributed by atoms with Gasteiger partial charge in [-0.15, -0.1) is 0 Å². The lowest BCUT2D eigenvalue weighted by Crippen LogP contribution is -2.02. The Morgan fingerprint density at radius 3 is 2.44 bits per heavy atom. The summed E-state index contributed by atoms with van der Waals surface area (Å²) >= 11 is 3.42. The van der Waals surface area contributed by atoms with Crippen LogP contribution < -0.4 is 0 Å². The first-order valence-corrected chi connectivity index (χ1v) is 6.70. The molecule has 0 saturated heterocycles. The van der Waals surface area contributed by atoms with Crippen LogP contribution in [0.4, 0.5) is 0 Å². The van der Waals surface area contributed by atoms with Crippen molar-refractivity contribution in [2.24, 2.45) is 0 Å². The van der Waals surface area contributed by atoms with Crippen LogP contribution in [0, 0.1) is 0 Å². The summed E-state index contributed by atoms with van der Waals surface area (Å²) in [6.45, 7) is 0. The van der Waals surface area contributed by atoms with Crippen molar-refractivity contribution < 1.29 is 9.53 Å². The molecule has 0 amide bonds. The number of hydrogen-bond donors (Lipinski definition) is 0. The van der Waals surface area contributed by atoms with Crippen LogP contribution in [-0.4, -0.2) is 13.1 Å². The Balaban J connectivity index is 2.51. The van der Waals surface area contributed by atoms with Gasteiger partial charge in [0.15, 0.2) is 0 Å². The van der Waals surface area contributed by atoms with Gasteiger partial charge in [-0.05, 0) is 28.8 Å². The predicted molar refractivity (Wildman–Crippen MR) is 75.8 cm³/mol. The molecule has 0 spiro atoms. The number of carbonyl (C=O) groups is 1. The topological polar surface area (TPSA) is 26.3 Å². The van der Waals surface area contributed by atoms with E-state index in [0.717, 1.165) is 16.7 Å². The van der Waals surface area contributed by atoms with Crippen molar-refractivity contribution in [2.75, 3.05) is 7.11 Å². The summed E-state index contributed by atoms with van der Waals surface area (Å²) in [4.78, 5) is 11.6. The SMILES string of the molecule is COC(=O)c1cc(CBr)cc(-c2ccccc2)c1. The normalized spacial score (nSPS) is 10.1. The van der Waals surface area contributed by atoms with Crippen molar-refractivity contribution in [3.8, 4) is 11.1 Å². The van der Waals surface area contributed by atoms with Crippen molar-refractivity contribution in [1.29, 1.82) is 0 Å². The molecule has 0 saturated carbocycles. The average molecular weight is 305 g/mol. The van der Waals surface area contributed by atoms with Crippen molar-refractivity contribution in [3.05, 3.63) is 59.7 Å². The zero-order valence-corrected chi connectivity index (χ0v) is 11.6. The Labute approximate surface area is 115 Å². The highest BCUT2D eigenvalue weighted by molar-refractivity contribution is 9.08. The molecule has 0 aromatic heterocycles. The van der Waals surface area contributed by atoms with E-state index >= 15 is 0 Å². The third-order valence-corrected chi connectivity index (χ3v) is 3.32. The Morgan fingerprint density at radius 1 is 1.11 bits per heavy atom. The predicted octanol–water partition coefficient (Wildman–Crippen LogP) is 4.04. The molecule has 3 heteroatoms. The van der Waals surface area contributed by atoms with Gasteiger partial charge in [-0.25, -0.2) is 4.79 Å². The number of esters is 1. The average Bonchev–Trinajstić information content (AvgIpc) is 2.46. The molecule has 0 radical (unpaired) electrons. The summed E-state index contributed by atoms with van der Waals surface area (Å²) in [6, 6.07) is 15.7. The number of rotatable bonds is 3. The molecule has 0 aliphatic heterocycles. The first kappa shape index (κ1) is 12.8. The highest BCUT2D eigenvalue weighted by atomic mass is 79.9. The summed E-state index contributed by atoms with van der Waals surface area (Å²) in [7, 11) is 1.39. The number of hydrogen-bond acceptors (Lipinski definition) is 2. The first-order chi connectivity index (χ1) is 8.74. The van der Waals surface area contributed by atoms with Crippen molar-refractivity contribution in [1.82, 2.24) is 0 Å². The molecule has 0 unspecified atom stereocenters. The molecule has 0 aliphatic rings. The minimum Gasteiger partial charge on any atom is -0.465 e. The maximum atomic E-state index is 11.6. The Hall–Kier alpha value is -1.61. The van der Waals surface area contributed by atoms with Gasteiger partial charge >= 0.3 is 5.97 Å². The second kappa shape index (κ2) is 5.83. The minimum atomic E-state index is -0.310. The lowest BCUT2D eigenvalue weighted by Gasteiger charge is -2.07. The van der Waals surface area contributed by atoms with Gasteiger partial charge < -0.3 is 4.74 Å². The number of ether oxygens (including phenoxy) is 1. The first-order valence-electron chi connectivity index (χ1n) is 5.58. The fourth-order valence-electron chi connectivity index (χ4n) is 1.80. The summed E-state index contributed by atoms with van der Waals surface area (Å²) in [5.74, 6) is -0.310. The molecule has 0 atom stereocenters. The zero-order chi connectivity index (χ0) is 13.0. The Bertz CT molecular complexity index is 550. The lowest BCUT2D eigenvalue weighted by molar-refractivity contribution is 0.0600. The molecule has 0 bridgehead atoms. The quantitative estimate of drug-likeness (QED) is 0.632. The van der Waals surface area contributed by atoms with Crippen LogP contribution in [0.5, 0.6) is 0 Å². The number of carbonyl (C=O) groups excluding carboxylic acids is 1. The summed E-state index contributed by atoms with van der Waals surface area (Å²) in [6.07, 6.45) is 0. The second-order valence-electron chi connectivity index (χ2n) is 3.91. The fourth-order valence-corrected chi connectivity index (χ4v) is 2.13. The van der Waals surface area contributed by atoms with E-state index in [1.54, 1.807) is 0 Å². The van der Waals surface area contributed by atoms with Crippen LogP contribution in [-0.2, 0) is 10.1 Å². The van der Waals surface area contributed by atoms with E-state index in [9.17, 15) is 4.79 Å². The number of halogens is 1. The summed E-state index contributed by atoms with van der Waals surface area (Å²) in [5, 5.41) is 0.706. The number of methoxy groups -OCH3 is 1. The standard InChI is InChI=1S/C15H13BrO2/c1-18-15(17)14-8-11(10-16)7-13(9-14)12-5-3-2-4-6-12/h2-9H,10H2,1H3. The van der Waals surface area contributed by atoms with E-state index in [1.165, 1.54) is 7.11 Å². The van der Waals surface area contributed by atoms with E-state index in [0.29, 0.717) is 10.9 Å². The van der Waals surface area contributed by atoms with E-state index < -0.39 is 0 Å². The Kier molecular flexibility index (Phi) is 4.15. The van der Waals surface area contributed by atoms with Crippen molar-refractivity contribution in [3.63, 3.8) is 0 Å². The van der Waals surface area contributed by atoms with Gasteiger partial charge in [-0.2, -0.15) is 0 Å². The van der Waals surface area contributed by atoms with E-state index in [1.807, 2.05) is 42.5 Å². The highest BCUT2D eigenvalue weighted by Gasteiger charge is 2.09. The molecule has 2 rings (SSSR count). The van der Waals surface area contributed by atoms with Gasteiger partial charge in [-0.3, -0.25) is 0 Å². The minimum absolute atomic E-state index is 0.310. The van der Waals surface area contributed by atoms with Gasteiger partial charge in [0, 0.05) is 5.33 Å². The van der Waals surface area contributed by atoms with Gasteiger partial charge in [0.05, 0.1) is 12.7 Å². The Morgan fingerprint density at radius 2 is 1.83 bits per heavy atom. The molecule has 0 heterocycles. The largest absolute Gasteiger partial charge is 0.465 e. The van der Waals surface area contributed by atoms with Crippen LogP contribution >= 0.6 is 15.9 Å². The van der Waals surface area contributed by atoms with Crippen LogP contribution in [0.1, 0.15) is 15.9 Å². The molecule has 2 aromatic rings. The third kappa shape index (κ3) is 2.79. The second-order valence-corrected chi connectivity index (χ2v) is 4.47. The van der Waals surface area contributed by atoms with E-state index in [2.05, 4.69) is 22.0 Å². The monoisotopic (exact) mass is 304 g/mol. The molecule has 92 valence electrons. The molecule has 0 aliphatic carbocycles. The molecule has 0 fully saturated rings. The lowest BCUT2D eigenvalue weighted by atomic mass is 10.0. The number of benzene rings is 2. The maximum absolute atomic E-state index is 11.6. The smallest absolute Gasteiger partial charge is 0.337 e.